The zero-order chi connectivity index (χ0) is 22.2. The number of benzene rings is 1. The van der Waals surface area contributed by atoms with Gasteiger partial charge in [0.15, 0.2) is 9.84 Å². The molecular formula is C21H25F2N3O3S2. The summed E-state index contributed by atoms with van der Waals surface area (Å²) in [7, 11) is -2.96. The molecule has 2 aliphatic rings. The Morgan fingerprint density at radius 2 is 1.87 bits per heavy atom. The van der Waals surface area contributed by atoms with Crippen LogP contribution in [0.4, 0.5) is 14.5 Å². The quantitative estimate of drug-likeness (QED) is 0.726. The number of carbonyl (C=O) groups excluding carboxylic acids is 1. The first-order chi connectivity index (χ1) is 14.8. The number of carbonyl (C=O) groups is 1. The van der Waals surface area contributed by atoms with Gasteiger partial charge in [-0.1, -0.05) is 12.1 Å². The van der Waals surface area contributed by atoms with Crippen molar-refractivity contribution in [2.75, 3.05) is 29.5 Å². The SMILES string of the molecule is NC(=O)[C@@H]1C[C@@H](F)CC[C@H]1c1nc(CF)sc1-c1ccc(N2CCS(=O)(=O)CC2)cc1. The van der Waals surface area contributed by atoms with E-state index in [4.69, 9.17) is 5.73 Å². The van der Waals surface area contributed by atoms with Gasteiger partial charge in [-0.3, -0.25) is 4.79 Å². The van der Waals surface area contributed by atoms with E-state index in [1.54, 1.807) is 0 Å². The molecular weight excluding hydrogens is 444 g/mol. The summed E-state index contributed by atoms with van der Waals surface area (Å²) in [6.07, 6.45) is -0.229. The number of thiazole rings is 1. The second-order valence-electron chi connectivity index (χ2n) is 8.17. The number of rotatable bonds is 5. The zero-order valence-electron chi connectivity index (χ0n) is 17.0. The highest BCUT2D eigenvalue weighted by molar-refractivity contribution is 7.91. The van der Waals surface area contributed by atoms with Crippen molar-refractivity contribution in [1.29, 1.82) is 0 Å². The molecule has 168 valence electrons. The van der Waals surface area contributed by atoms with Gasteiger partial charge in [0.25, 0.3) is 0 Å². The minimum atomic E-state index is -2.96. The molecule has 4 rings (SSSR count). The third kappa shape index (κ3) is 4.74. The van der Waals surface area contributed by atoms with E-state index in [0.29, 0.717) is 36.6 Å². The molecule has 1 aromatic heterocycles. The van der Waals surface area contributed by atoms with Crippen molar-refractivity contribution in [3.05, 3.63) is 35.0 Å². The fourth-order valence-corrected chi connectivity index (χ4v) is 6.64. The normalized spacial score (nSPS) is 26.0. The van der Waals surface area contributed by atoms with E-state index in [1.165, 1.54) is 11.3 Å². The lowest BCUT2D eigenvalue weighted by molar-refractivity contribution is -0.124. The van der Waals surface area contributed by atoms with Gasteiger partial charge >= 0.3 is 0 Å². The van der Waals surface area contributed by atoms with E-state index >= 15 is 0 Å². The van der Waals surface area contributed by atoms with Crippen LogP contribution in [-0.2, 0) is 21.3 Å². The second kappa shape index (κ2) is 8.82. The number of amides is 1. The standard InChI is InChI=1S/C21H25F2N3O3S2/c22-12-18-25-19(16-6-3-14(23)11-17(16)21(24)27)20(30-18)13-1-4-15(5-2-13)26-7-9-31(28,29)10-8-26/h1-2,4-5,14,16-17H,3,6-12H2,(H2,24,27)/t14-,16+,17+/m0/s1. The number of primary amides is 1. The number of anilines is 1. The Morgan fingerprint density at radius 3 is 2.48 bits per heavy atom. The molecule has 0 spiro atoms. The van der Waals surface area contributed by atoms with Crippen LogP contribution in [0.5, 0.6) is 0 Å². The van der Waals surface area contributed by atoms with Crippen molar-refractivity contribution in [3.63, 3.8) is 0 Å². The van der Waals surface area contributed by atoms with Crippen molar-refractivity contribution in [1.82, 2.24) is 4.98 Å². The van der Waals surface area contributed by atoms with Crippen molar-refractivity contribution in [2.24, 2.45) is 11.7 Å². The van der Waals surface area contributed by atoms with Gasteiger partial charge in [-0.2, -0.15) is 0 Å². The van der Waals surface area contributed by atoms with Gasteiger partial charge in [0.1, 0.15) is 17.9 Å². The van der Waals surface area contributed by atoms with Gasteiger partial charge < -0.3 is 10.6 Å². The van der Waals surface area contributed by atoms with E-state index in [1.807, 2.05) is 29.2 Å². The lowest BCUT2D eigenvalue weighted by Gasteiger charge is -2.31. The maximum Gasteiger partial charge on any atom is 0.221 e. The van der Waals surface area contributed by atoms with Crippen LogP contribution in [-0.4, -0.2) is 50.1 Å². The van der Waals surface area contributed by atoms with Crippen molar-refractivity contribution in [3.8, 4) is 10.4 Å². The molecule has 31 heavy (non-hydrogen) atoms. The minimum Gasteiger partial charge on any atom is -0.369 e. The van der Waals surface area contributed by atoms with Crippen LogP contribution in [0.3, 0.4) is 0 Å². The molecule has 0 unspecified atom stereocenters. The molecule has 2 aromatic rings. The molecule has 1 amide bonds. The molecule has 1 saturated heterocycles. The van der Waals surface area contributed by atoms with Crippen LogP contribution in [0, 0.1) is 5.92 Å². The molecule has 2 N–H and O–H groups in total. The highest BCUT2D eigenvalue weighted by Gasteiger charge is 2.38. The number of nitrogens with two attached hydrogens (primary N) is 1. The third-order valence-electron chi connectivity index (χ3n) is 6.15. The van der Waals surface area contributed by atoms with Gasteiger partial charge in [-0.25, -0.2) is 22.2 Å². The Labute approximate surface area is 184 Å². The average Bonchev–Trinajstić information content (AvgIpc) is 3.18. The van der Waals surface area contributed by atoms with Gasteiger partial charge in [-0.15, -0.1) is 11.3 Å². The molecule has 2 fully saturated rings. The highest BCUT2D eigenvalue weighted by atomic mass is 32.2. The first-order valence-electron chi connectivity index (χ1n) is 10.3. The maximum absolute atomic E-state index is 13.9. The summed E-state index contributed by atoms with van der Waals surface area (Å²) in [6, 6.07) is 7.63. The van der Waals surface area contributed by atoms with Gasteiger partial charge in [0, 0.05) is 30.6 Å². The van der Waals surface area contributed by atoms with Crippen LogP contribution in [0.25, 0.3) is 10.4 Å². The molecule has 1 aromatic carbocycles. The van der Waals surface area contributed by atoms with Crippen LogP contribution in [0.1, 0.15) is 35.9 Å². The Bertz CT molecular complexity index is 1040. The number of hydrogen-bond donors (Lipinski definition) is 1. The summed E-state index contributed by atoms with van der Waals surface area (Å²) >= 11 is 1.24. The molecule has 0 bridgehead atoms. The average molecular weight is 470 g/mol. The van der Waals surface area contributed by atoms with E-state index in [2.05, 4.69) is 4.98 Å². The van der Waals surface area contributed by atoms with Crippen molar-refractivity contribution < 1.29 is 22.0 Å². The Morgan fingerprint density at radius 1 is 1.19 bits per heavy atom. The molecule has 1 aliphatic carbocycles. The second-order valence-corrected chi connectivity index (χ2v) is 11.6. The number of hydrogen-bond acceptors (Lipinski definition) is 6. The van der Waals surface area contributed by atoms with E-state index in [-0.39, 0.29) is 23.8 Å². The summed E-state index contributed by atoms with van der Waals surface area (Å²) in [6.45, 7) is 0.191. The Kier molecular flexibility index (Phi) is 6.30. The largest absolute Gasteiger partial charge is 0.369 e. The predicted octanol–water partition coefficient (Wildman–Crippen LogP) is 3.22. The number of sulfone groups is 1. The molecule has 6 nitrogen and oxygen atoms in total. The first-order valence-corrected chi connectivity index (χ1v) is 13.0. The fourth-order valence-electron chi connectivity index (χ4n) is 4.45. The number of nitrogens with zero attached hydrogens (tertiary/aromatic N) is 2. The first kappa shape index (κ1) is 22.1. The van der Waals surface area contributed by atoms with Crippen molar-refractivity contribution >= 4 is 32.8 Å². The van der Waals surface area contributed by atoms with Crippen LogP contribution < -0.4 is 10.6 Å². The lowest BCUT2D eigenvalue weighted by atomic mass is 9.75. The summed E-state index contributed by atoms with van der Waals surface area (Å²) in [4.78, 5) is 19.2. The van der Waals surface area contributed by atoms with E-state index < -0.39 is 34.5 Å². The third-order valence-corrected chi connectivity index (χ3v) is 8.85. The molecule has 3 atom stereocenters. The molecule has 0 radical (unpaired) electrons. The highest BCUT2D eigenvalue weighted by Crippen LogP contribution is 2.44. The summed E-state index contributed by atoms with van der Waals surface area (Å²) < 4.78 is 50.7. The summed E-state index contributed by atoms with van der Waals surface area (Å²) in [5, 5.41) is 0.320. The van der Waals surface area contributed by atoms with Gasteiger partial charge in [0.05, 0.1) is 22.1 Å². The minimum absolute atomic E-state index is 0.0682. The van der Waals surface area contributed by atoms with Crippen LogP contribution in [0.15, 0.2) is 24.3 Å². The van der Waals surface area contributed by atoms with E-state index in [9.17, 15) is 22.0 Å². The molecule has 10 heteroatoms. The van der Waals surface area contributed by atoms with Gasteiger partial charge in [0.2, 0.25) is 5.91 Å². The maximum atomic E-state index is 13.9. The zero-order valence-corrected chi connectivity index (χ0v) is 18.6. The topological polar surface area (TPSA) is 93.4 Å². The Hall–Kier alpha value is -2.07. The number of alkyl halides is 2. The number of aromatic nitrogens is 1. The monoisotopic (exact) mass is 469 g/mol. The number of halogens is 2. The molecule has 1 saturated carbocycles. The predicted molar refractivity (Wildman–Crippen MR) is 117 cm³/mol. The molecule has 1 aliphatic heterocycles. The Balaban J connectivity index is 1.62. The van der Waals surface area contributed by atoms with Crippen LogP contribution in [0.2, 0.25) is 0 Å². The summed E-state index contributed by atoms with van der Waals surface area (Å²) in [5.74, 6) is -1.27. The smallest absolute Gasteiger partial charge is 0.221 e. The fraction of sp³-hybridized carbons (Fsp3) is 0.524. The van der Waals surface area contributed by atoms with Crippen molar-refractivity contribution in [2.45, 2.75) is 38.0 Å². The van der Waals surface area contributed by atoms with Gasteiger partial charge in [-0.05, 0) is 37.0 Å². The molecule has 2 heterocycles. The van der Waals surface area contributed by atoms with Crippen LogP contribution >= 0.6 is 11.3 Å². The lowest BCUT2D eigenvalue weighted by Crippen LogP contribution is -2.40. The van der Waals surface area contributed by atoms with E-state index in [0.717, 1.165) is 16.1 Å². The summed E-state index contributed by atoms with van der Waals surface area (Å²) in [5.41, 5.74) is 7.93.